The van der Waals surface area contributed by atoms with E-state index >= 15 is 0 Å². The van der Waals surface area contributed by atoms with Crippen molar-refractivity contribution >= 4 is 0 Å². The van der Waals surface area contributed by atoms with Gasteiger partial charge in [-0.3, -0.25) is 0 Å². The highest BCUT2D eigenvalue weighted by molar-refractivity contribution is 5.32. The lowest BCUT2D eigenvalue weighted by Crippen LogP contribution is -2.02. The lowest BCUT2D eigenvalue weighted by atomic mass is 9.96. The molecule has 0 aliphatic heterocycles. The number of aryl methyl sites for hydroxylation is 1. The average Bonchev–Trinajstić information content (AvgIpc) is 2.55. The topological polar surface area (TPSA) is 42.2 Å². The molecule has 0 aliphatic carbocycles. The Balaban J connectivity index is 1.82. The third kappa shape index (κ3) is 4.53. The maximum absolute atomic E-state index is 9.34. The summed E-state index contributed by atoms with van der Waals surface area (Å²) in [4.78, 5) is 0. The van der Waals surface area contributed by atoms with Crippen molar-refractivity contribution in [2.24, 2.45) is 0 Å². The Morgan fingerprint density at radius 1 is 1.09 bits per heavy atom. The van der Waals surface area contributed by atoms with Gasteiger partial charge in [0.05, 0.1) is 25.7 Å². The molecule has 3 nitrogen and oxygen atoms in total. The molecule has 0 amide bonds. The van der Waals surface area contributed by atoms with Crippen molar-refractivity contribution in [2.45, 2.75) is 25.7 Å². The average molecular weight is 295 g/mol. The molecule has 0 bridgehead atoms. The zero-order chi connectivity index (χ0) is 15.8. The summed E-state index contributed by atoms with van der Waals surface area (Å²) >= 11 is 0. The van der Waals surface area contributed by atoms with Gasteiger partial charge in [-0.15, -0.1) is 0 Å². The molecule has 0 aromatic heterocycles. The molecule has 0 N–H and O–H groups in total. The Kier molecular flexibility index (Phi) is 5.85. The monoisotopic (exact) mass is 295 g/mol. The molecule has 0 heterocycles. The van der Waals surface area contributed by atoms with Gasteiger partial charge in [-0.2, -0.15) is 5.26 Å². The van der Waals surface area contributed by atoms with E-state index in [1.165, 1.54) is 5.56 Å². The van der Waals surface area contributed by atoms with Crippen LogP contribution in [-0.2, 0) is 0 Å². The van der Waals surface area contributed by atoms with Crippen LogP contribution in [0.2, 0.25) is 0 Å². The van der Waals surface area contributed by atoms with Crippen LogP contribution in [0.1, 0.15) is 29.9 Å². The Morgan fingerprint density at radius 3 is 2.50 bits per heavy atom. The minimum Gasteiger partial charge on any atom is -0.497 e. The molecular formula is C19H21NO2. The maximum atomic E-state index is 9.34. The van der Waals surface area contributed by atoms with Gasteiger partial charge in [-0.25, -0.2) is 0 Å². The summed E-state index contributed by atoms with van der Waals surface area (Å²) in [5.41, 5.74) is 2.21. The number of methoxy groups -OCH3 is 1. The molecular weight excluding hydrogens is 274 g/mol. The molecule has 2 aromatic carbocycles. The van der Waals surface area contributed by atoms with E-state index in [2.05, 4.69) is 6.07 Å². The molecule has 22 heavy (non-hydrogen) atoms. The highest BCUT2D eigenvalue weighted by Crippen LogP contribution is 2.23. The van der Waals surface area contributed by atoms with Gasteiger partial charge in [0.15, 0.2) is 0 Å². The Hall–Kier alpha value is -2.47. The summed E-state index contributed by atoms with van der Waals surface area (Å²) in [7, 11) is 1.64. The van der Waals surface area contributed by atoms with Crippen LogP contribution in [0.3, 0.4) is 0 Å². The molecule has 2 aromatic rings. The first-order valence-corrected chi connectivity index (χ1v) is 7.46. The second-order valence-electron chi connectivity index (χ2n) is 5.26. The van der Waals surface area contributed by atoms with Crippen LogP contribution in [0.4, 0.5) is 0 Å². The number of benzene rings is 2. The second-order valence-corrected chi connectivity index (χ2v) is 5.26. The first-order valence-electron chi connectivity index (χ1n) is 7.46. The first-order chi connectivity index (χ1) is 10.7. The molecule has 0 saturated heterocycles. The Labute approximate surface area is 132 Å². The number of hydrogen-bond acceptors (Lipinski definition) is 3. The van der Waals surface area contributed by atoms with Gasteiger partial charge < -0.3 is 9.47 Å². The number of nitriles is 1. The van der Waals surface area contributed by atoms with E-state index < -0.39 is 0 Å². The molecule has 1 unspecified atom stereocenters. The van der Waals surface area contributed by atoms with Gasteiger partial charge in [0.2, 0.25) is 0 Å². The fourth-order valence-corrected chi connectivity index (χ4v) is 2.32. The second kappa shape index (κ2) is 8.09. The molecule has 2 rings (SSSR count). The Bertz CT molecular complexity index is 629. The van der Waals surface area contributed by atoms with Crippen LogP contribution < -0.4 is 9.47 Å². The van der Waals surface area contributed by atoms with Crippen LogP contribution in [-0.4, -0.2) is 13.7 Å². The van der Waals surface area contributed by atoms with E-state index in [9.17, 15) is 5.26 Å². The largest absolute Gasteiger partial charge is 0.497 e. The third-order valence-corrected chi connectivity index (χ3v) is 3.57. The van der Waals surface area contributed by atoms with E-state index in [0.717, 1.165) is 29.9 Å². The summed E-state index contributed by atoms with van der Waals surface area (Å²) in [6, 6.07) is 18.1. The standard InChI is InChI=1S/C19H21NO2/c1-15-5-3-7-19(13-15)22-12-4-6-17(14-20)16-8-10-18(21-2)11-9-16/h3,5,7-11,13,17H,4,6,12H2,1-2H3. The normalized spacial score (nSPS) is 11.5. The van der Waals surface area contributed by atoms with Crippen LogP contribution >= 0.6 is 0 Å². The van der Waals surface area contributed by atoms with Crippen molar-refractivity contribution in [1.29, 1.82) is 5.26 Å². The lowest BCUT2D eigenvalue weighted by Gasteiger charge is -2.11. The number of rotatable bonds is 7. The van der Waals surface area contributed by atoms with Gasteiger partial charge in [0.1, 0.15) is 11.5 Å². The minimum absolute atomic E-state index is 0.105. The van der Waals surface area contributed by atoms with Crippen molar-refractivity contribution in [3.8, 4) is 17.6 Å². The quantitative estimate of drug-likeness (QED) is 0.708. The highest BCUT2D eigenvalue weighted by Gasteiger charge is 2.10. The highest BCUT2D eigenvalue weighted by atomic mass is 16.5. The summed E-state index contributed by atoms with van der Waals surface area (Å²) in [5.74, 6) is 1.59. The first kappa shape index (κ1) is 15.9. The Morgan fingerprint density at radius 2 is 1.86 bits per heavy atom. The zero-order valence-electron chi connectivity index (χ0n) is 13.1. The van der Waals surface area contributed by atoms with Crippen LogP contribution in [0.5, 0.6) is 11.5 Å². The summed E-state index contributed by atoms with van der Waals surface area (Å²) in [6.45, 7) is 2.67. The molecule has 0 radical (unpaired) electrons. The van der Waals surface area contributed by atoms with Crippen molar-refractivity contribution < 1.29 is 9.47 Å². The van der Waals surface area contributed by atoms with Crippen molar-refractivity contribution in [1.82, 2.24) is 0 Å². The lowest BCUT2D eigenvalue weighted by molar-refractivity contribution is 0.304. The van der Waals surface area contributed by atoms with E-state index in [0.29, 0.717) is 6.61 Å². The predicted octanol–water partition coefficient (Wildman–Crippen LogP) is 4.47. The third-order valence-electron chi connectivity index (χ3n) is 3.57. The maximum Gasteiger partial charge on any atom is 0.119 e. The molecule has 3 heteroatoms. The number of ether oxygens (including phenoxy) is 2. The van der Waals surface area contributed by atoms with E-state index in [1.54, 1.807) is 7.11 Å². The summed E-state index contributed by atoms with van der Waals surface area (Å²) < 4.78 is 10.9. The van der Waals surface area contributed by atoms with Gasteiger partial charge in [0, 0.05) is 0 Å². The molecule has 0 saturated carbocycles. The summed E-state index contributed by atoms with van der Waals surface area (Å²) in [5, 5.41) is 9.34. The van der Waals surface area contributed by atoms with Gasteiger partial charge >= 0.3 is 0 Å². The molecule has 0 aliphatic rings. The van der Waals surface area contributed by atoms with Crippen LogP contribution in [0.25, 0.3) is 0 Å². The number of hydrogen-bond donors (Lipinski definition) is 0. The van der Waals surface area contributed by atoms with Gasteiger partial charge in [-0.05, 0) is 55.2 Å². The van der Waals surface area contributed by atoms with Gasteiger partial charge in [-0.1, -0.05) is 24.3 Å². The molecule has 1 atom stereocenters. The van der Waals surface area contributed by atoms with Crippen molar-refractivity contribution in [3.05, 3.63) is 59.7 Å². The van der Waals surface area contributed by atoms with Gasteiger partial charge in [0.25, 0.3) is 0 Å². The smallest absolute Gasteiger partial charge is 0.119 e. The van der Waals surface area contributed by atoms with Crippen LogP contribution in [0, 0.1) is 18.3 Å². The van der Waals surface area contributed by atoms with E-state index in [-0.39, 0.29) is 5.92 Å². The number of nitrogens with zero attached hydrogens (tertiary/aromatic N) is 1. The minimum atomic E-state index is -0.105. The molecule has 0 spiro atoms. The fraction of sp³-hybridized carbons (Fsp3) is 0.316. The molecule has 0 fully saturated rings. The zero-order valence-corrected chi connectivity index (χ0v) is 13.1. The van der Waals surface area contributed by atoms with Crippen LogP contribution in [0.15, 0.2) is 48.5 Å². The van der Waals surface area contributed by atoms with Crippen molar-refractivity contribution in [2.75, 3.05) is 13.7 Å². The summed E-state index contributed by atoms with van der Waals surface area (Å²) in [6.07, 6.45) is 1.63. The predicted molar refractivity (Wildman–Crippen MR) is 87.3 cm³/mol. The van der Waals surface area contributed by atoms with E-state index in [1.807, 2.05) is 55.5 Å². The van der Waals surface area contributed by atoms with E-state index in [4.69, 9.17) is 9.47 Å². The van der Waals surface area contributed by atoms with Crippen molar-refractivity contribution in [3.63, 3.8) is 0 Å². The fourth-order valence-electron chi connectivity index (χ4n) is 2.32. The SMILES string of the molecule is COc1ccc(C(C#N)CCCOc2cccc(C)c2)cc1. The molecule has 114 valence electrons.